The van der Waals surface area contributed by atoms with Crippen LogP contribution < -0.4 is 10.6 Å². The number of rotatable bonds is 5. The SMILES string of the molecule is CCC(NC(=O)c1ccc(NC(C)=O)cc1)c1nccs1. The molecule has 2 rings (SSSR count). The lowest BCUT2D eigenvalue weighted by molar-refractivity contribution is -0.114. The zero-order chi connectivity index (χ0) is 15.2. The third kappa shape index (κ3) is 4.13. The van der Waals surface area contributed by atoms with Gasteiger partial charge in [0.1, 0.15) is 5.01 Å². The first-order valence-corrected chi connectivity index (χ1v) is 7.56. The summed E-state index contributed by atoms with van der Waals surface area (Å²) in [5.41, 5.74) is 1.23. The Bertz CT molecular complexity index is 608. The maximum atomic E-state index is 12.2. The fourth-order valence-corrected chi connectivity index (χ4v) is 2.67. The van der Waals surface area contributed by atoms with Crippen molar-refractivity contribution in [1.29, 1.82) is 0 Å². The molecule has 2 N–H and O–H groups in total. The van der Waals surface area contributed by atoms with Crippen LogP contribution in [0.2, 0.25) is 0 Å². The standard InChI is InChI=1S/C15H17N3O2S/c1-3-13(15-16-8-9-21-15)18-14(20)11-4-6-12(7-5-11)17-10(2)19/h4-9,13H,3H2,1-2H3,(H,17,19)(H,18,20). The van der Waals surface area contributed by atoms with E-state index in [1.807, 2.05) is 12.3 Å². The lowest BCUT2D eigenvalue weighted by Gasteiger charge is -2.14. The predicted molar refractivity (Wildman–Crippen MR) is 83.4 cm³/mol. The first kappa shape index (κ1) is 15.2. The van der Waals surface area contributed by atoms with Crippen molar-refractivity contribution >= 4 is 28.8 Å². The Morgan fingerprint density at radius 3 is 2.52 bits per heavy atom. The van der Waals surface area contributed by atoms with Gasteiger partial charge in [-0.05, 0) is 30.7 Å². The predicted octanol–water partition coefficient (Wildman–Crippen LogP) is 2.98. The van der Waals surface area contributed by atoms with E-state index >= 15 is 0 Å². The van der Waals surface area contributed by atoms with Gasteiger partial charge in [-0.25, -0.2) is 4.98 Å². The smallest absolute Gasteiger partial charge is 0.251 e. The summed E-state index contributed by atoms with van der Waals surface area (Å²) in [6, 6.07) is 6.72. The molecule has 5 nitrogen and oxygen atoms in total. The number of benzene rings is 1. The highest BCUT2D eigenvalue weighted by Gasteiger charge is 2.16. The average Bonchev–Trinajstić information content (AvgIpc) is 2.98. The normalized spacial score (nSPS) is 11.7. The van der Waals surface area contributed by atoms with Crippen molar-refractivity contribution in [3.8, 4) is 0 Å². The lowest BCUT2D eigenvalue weighted by Crippen LogP contribution is -2.28. The van der Waals surface area contributed by atoms with E-state index in [0.717, 1.165) is 11.4 Å². The number of carbonyl (C=O) groups is 2. The summed E-state index contributed by atoms with van der Waals surface area (Å²) >= 11 is 1.53. The Morgan fingerprint density at radius 2 is 2.00 bits per heavy atom. The van der Waals surface area contributed by atoms with Crippen LogP contribution in [0.25, 0.3) is 0 Å². The Morgan fingerprint density at radius 1 is 1.29 bits per heavy atom. The van der Waals surface area contributed by atoms with Crippen molar-refractivity contribution in [3.63, 3.8) is 0 Å². The second-order valence-corrected chi connectivity index (χ2v) is 5.49. The number of hydrogen-bond donors (Lipinski definition) is 2. The minimum atomic E-state index is -0.147. The van der Waals surface area contributed by atoms with Crippen LogP contribution in [0.1, 0.15) is 41.7 Å². The fourth-order valence-electron chi connectivity index (χ4n) is 1.89. The topological polar surface area (TPSA) is 71.1 Å². The summed E-state index contributed by atoms with van der Waals surface area (Å²) in [6.45, 7) is 3.45. The molecule has 0 aliphatic heterocycles. The van der Waals surface area contributed by atoms with Gasteiger partial charge in [-0.15, -0.1) is 11.3 Å². The molecular weight excluding hydrogens is 286 g/mol. The Balaban J connectivity index is 2.04. The van der Waals surface area contributed by atoms with Gasteiger partial charge in [0.15, 0.2) is 0 Å². The molecular formula is C15H17N3O2S. The van der Waals surface area contributed by atoms with Crippen LogP contribution in [0, 0.1) is 0 Å². The van der Waals surface area contributed by atoms with Gasteiger partial charge in [-0.2, -0.15) is 0 Å². The minimum Gasteiger partial charge on any atom is -0.343 e. The van der Waals surface area contributed by atoms with Gasteiger partial charge >= 0.3 is 0 Å². The molecule has 0 saturated heterocycles. The van der Waals surface area contributed by atoms with Gasteiger partial charge in [0.2, 0.25) is 5.91 Å². The van der Waals surface area contributed by atoms with Gasteiger partial charge < -0.3 is 10.6 Å². The molecule has 110 valence electrons. The van der Waals surface area contributed by atoms with Gasteiger partial charge in [-0.3, -0.25) is 9.59 Å². The van der Waals surface area contributed by atoms with Crippen LogP contribution >= 0.6 is 11.3 Å². The van der Waals surface area contributed by atoms with Crippen LogP contribution in [0.3, 0.4) is 0 Å². The highest BCUT2D eigenvalue weighted by Crippen LogP contribution is 2.19. The first-order chi connectivity index (χ1) is 10.1. The van der Waals surface area contributed by atoms with E-state index in [2.05, 4.69) is 15.6 Å². The molecule has 1 aromatic carbocycles. The largest absolute Gasteiger partial charge is 0.343 e. The molecule has 1 atom stereocenters. The summed E-state index contributed by atoms with van der Waals surface area (Å²) in [7, 11) is 0. The molecule has 0 bridgehead atoms. The van der Waals surface area contributed by atoms with Crippen molar-refractivity contribution in [2.75, 3.05) is 5.32 Å². The highest BCUT2D eigenvalue weighted by atomic mass is 32.1. The summed E-state index contributed by atoms with van der Waals surface area (Å²) in [6.07, 6.45) is 2.51. The Kier molecular flexibility index (Phi) is 5.05. The third-order valence-corrected chi connectivity index (χ3v) is 3.82. The molecule has 0 saturated carbocycles. The number of aromatic nitrogens is 1. The van der Waals surface area contributed by atoms with Crippen LogP contribution in [-0.2, 0) is 4.79 Å². The maximum Gasteiger partial charge on any atom is 0.251 e. The van der Waals surface area contributed by atoms with Crippen LogP contribution in [0.15, 0.2) is 35.8 Å². The summed E-state index contributed by atoms with van der Waals surface area (Å²) in [5, 5.41) is 8.43. The van der Waals surface area contributed by atoms with Crippen molar-refractivity contribution in [2.45, 2.75) is 26.3 Å². The number of hydrogen-bond acceptors (Lipinski definition) is 4. The molecule has 0 spiro atoms. The molecule has 2 aromatic rings. The molecule has 1 heterocycles. The summed E-state index contributed by atoms with van der Waals surface area (Å²) < 4.78 is 0. The molecule has 1 aromatic heterocycles. The van der Waals surface area contributed by atoms with Crippen LogP contribution in [-0.4, -0.2) is 16.8 Å². The zero-order valence-electron chi connectivity index (χ0n) is 11.9. The fraction of sp³-hybridized carbons (Fsp3) is 0.267. The number of carbonyl (C=O) groups excluding carboxylic acids is 2. The number of anilines is 1. The number of thiazole rings is 1. The van der Waals surface area contributed by atoms with E-state index in [9.17, 15) is 9.59 Å². The highest BCUT2D eigenvalue weighted by molar-refractivity contribution is 7.09. The average molecular weight is 303 g/mol. The van der Waals surface area contributed by atoms with E-state index in [1.54, 1.807) is 30.5 Å². The Hall–Kier alpha value is -2.21. The maximum absolute atomic E-state index is 12.2. The second-order valence-electron chi connectivity index (χ2n) is 4.56. The molecule has 6 heteroatoms. The molecule has 0 fully saturated rings. The van der Waals surface area contributed by atoms with Gasteiger partial charge in [-0.1, -0.05) is 6.92 Å². The molecule has 0 aliphatic rings. The van der Waals surface area contributed by atoms with Crippen molar-refractivity contribution < 1.29 is 9.59 Å². The molecule has 1 unspecified atom stereocenters. The van der Waals surface area contributed by atoms with Crippen LogP contribution in [0.5, 0.6) is 0 Å². The van der Waals surface area contributed by atoms with Crippen molar-refractivity contribution in [3.05, 3.63) is 46.4 Å². The second kappa shape index (κ2) is 6.99. The minimum absolute atomic E-state index is 0.0764. The van der Waals surface area contributed by atoms with Crippen LogP contribution in [0.4, 0.5) is 5.69 Å². The van der Waals surface area contributed by atoms with Gasteiger partial charge in [0.25, 0.3) is 5.91 Å². The number of nitrogens with one attached hydrogen (secondary N) is 2. The van der Waals surface area contributed by atoms with Crippen molar-refractivity contribution in [1.82, 2.24) is 10.3 Å². The molecule has 2 amide bonds. The summed E-state index contributed by atoms with van der Waals surface area (Å²) in [5.74, 6) is -0.284. The third-order valence-electron chi connectivity index (χ3n) is 2.93. The quantitative estimate of drug-likeness (QED) is 0.892. The van der Waals surface area contributed by atoms with Gasteiger partial charge in [0, 0.05) is 29.8 Å². The van der Waals surface area contributed by atoms with Crippen molar-refractivity contribution in [2.24, 2.45) is 0 Å². The lowest BCUT2D eigenvalue weighted by atomic mass is 10.1. The number of nitrogens with zero attached hydrogens (tertiary/aromatic N) is 1. The molecule has 21 heavy (non-hydrogen) atoms. The number of amides is 2. The van der Waals surface area contributed by atoms with E-state index < -0.39 is 0 Å². The Labute approximate surface area is 127 Å². The van der Waals surface area contributed by atoms with E-state index in [1.165, 1.54) is 18.3 Å². The monoisotopic (exact) mass is 303 g/mol. The zero-order valence-corrected chi connectivity index (χ0v) is 12.7. The van der Waals surface area contributed by atoms with E-state index in [0.29, 0.717) is 11.3 Å². The van der Waals surface area contributed by atoms with Gasteiger partial charge in [0.05, 0.1) is 6.04 Å². The first-order valence-electron chi connectivity index (χ1n) is 6.68. The molecule has 0 aliphatic carbocycles. The van der Waals surface area contributed by atoms with E-state index in [4.69, 9.17) is 0 Å². The molecule has 0 radical (unpaired) electrons. The summed E-state index contributed by atoms with van der Waals surface area (Å²) in [4.78, 5) is 27.4. The van der Waals surface area contributed by atoms with E-state index in [-0.39, 0.29) is 17.9 Å².